The average Bonchev–Trinajstić information content (AvgIpc) is 2.99. The number of carbonyl (C=O) groups excluding carboxylic acids is 2. The molecule has 7 nitrogen and oxygen atoms in total. The molecule has 0 unspecified atom stereocenters. The van der Waals surface area contributed by atoms with E-state index in [1.807, 2.05) is 0 Å². The highest BCUT2D eigenvalue weighted by molar-refractivity contribution is 6.83. The van der Waals surface area contributed by atoms with E-state index in [0.717, 1.165) is 0 Å². The zero-order valence-electron chi connectivity index (χ0n) is 17.0. The van der Waals surface area contributed by atoms with Crippen molar-refractivity contribution < 1.29 is 33.3 Å². The van der Waals surface area contributed by atoms with Crippen LogP contribution in [0.25, 0.3) is 0 Å². The zero-order valence-corrected chi connectivity index (χ0v) is 18.0. The van der Waals surface area contributed by atoms with E-state index >= 15 is 0 Å². The molecule has 0 radical (unpaired) electrons. The van der Waals surface area contributed by atoms with Crippen molar-refractivity contribution in [1.82, 2.24) is 0 Å². The minimum Gasteiger partial charge on any atom is -0.483 e. The topological polar surface area (TPSA) is 80.3 Å². The molecular weight excluding hydrogens is 368 g/mol. The van der Waals surface area contributed by atoms with Crippen molar-refractivity contribution in [3.05, 3.63) is 11.8 Å². The fraction of sp³-hybridized carbons (Fsp3) is 0.684. The van der Waals surface area contributed by atoms with E-state index < -0.39 is 50.2 Å². The third-order valence-electron chi connectivity index (χ3n) is 3.83. The van der Waals surface area contributed by atoms with Gasteiger partial charge in [0, 0.05) is 19.9 Å². The smallest absolute Gasteiger partial charge is 0.303 e. The summed E-state index contributed by atoms with van der Waals surface area (Å²) in [4.78, 5) is 23.2. The number of esters is 2. The summed E-state index contributed by atoms with van der Waals surface area (Å²) < 4.78 is 28.3. The lowest BCUT2D eigenvalue weighted by Gasteiger charge is -2.25. The summed E-state index contributed by atoms with van der Waals surface area (Å²) in [7, 11) is -1.59. The molecule has 0 saturated carbocycles. The first-order valence-electron chi connectivity index (χ1n) is 8.93. The molecule has 0 aromatic heterocycles. The van der Waals surface area contributed by atoms with Crippen LogP contribution in [0.15, 0.2) is 11.8 Å². The molecule has 0 amide bonds. The summed E-state index contributed by atoms with van der Waals surface area (Å²) in [6.07, 6.45) is -1.27. The van der Waals surface area contributed by atoms with Crippen LogP contribution in [-0.4, -0.2) is 56.8 Å². The van der Waals surface area contributed by atoms with E-state index in [1.54, 1.807) is 19.9 Å². The first-order chi connectivity index (χ1) is 12.4. The predicted molar refractivity (Wildman–Crippen MR) is 100 cm³/mol. The Morgan fingerprint density at radius 1 is 1.19 bits per heavy atom. The first kappa shape index (κ1) is 21.5. The second-order valence-electron chi connectivity index (χ2n) is 8.12. The number of rotatable bonds is 3. The lowest BCUT2D eigenvalue weighted by Crippen LogP contribution is -2.44. The Morgan fingerprint density at radius 3 is 2.30 bits per heavy atom. The quantitative estimate of drug-likeness (QED) is 0.411. The van der Waals surface area contributed by atoms with Crippen molar-refractivity contribution in [2.24, 2.45) is 0 Å². The first-order valence-corrected chi connectivity index (χ1v) is 12.4. The second-order valence-corrected chi connectivity index (χ2v) is 12.9. The minimum absolute atomic E-state index is 0.274. The van der Waals surface area contributed by atoms with Crippen molar-refractivity contribution in [2.45, 2.75) is 77.5 Å². The molecule has 4 atom stereocenters. The molecule has 0 bridgehead atoms. The molecule has 2 heterocycles. The Balaban J connectivity index is 2.35. The highest BCUT2D eigenvalue weighted by Gasteiger charge is 2.53. The van der Waals surface area contributed by atoms with Gasteiger partial charge in [0.25, 0.3) is 0 Å². The highest BCUT2D eigenvalue weighted by atomic mass is 28.3. The number of carbonyl (C=O) groups is 2. The largest absolute Gasteiger partial charge is 0.483 e. The molecule has 0 aliphatic carbocycles. The van der Waals surface area contributed by atoms with Crippen LogP contribution in [0.2, 0.25) is 19.6 Å². The molecule has 2 aliphatic heterocycles. The molecule has 8 heteroatoms. The molecule has 0 spiro atoms. The maximum absolute atomic E-state index is 11.6. The van der Waals surface area contributed by atoms with Crippen LogP contribution in [0.1, 0.15) is 27.7 Å². The molecule has 2 rings (SSSR count). The summed E-state index contributed by atoms with van der Waals surface area (Å²) in [5.74, 6) is 1.57. The van der Waals surface area contributed by atoms with Gasteiger partial charge in [0.1, 0.15) is 19.9 Å². The van der Waals surface area contributed by atoms with Crippen molar-refractivity contribution in [3.8, 4) is 11.5 Å². The van der Waals surface area contributed by atoms with Crippen LogP contribution in [0.5, 0.6) is 0 Å². The lowest BCUT2D eigenvalue weighted by atomic mass is 10.1. The van der Waals surface area contributed by atoms with Crippen LogP contribution >= 0.6 is 0 Å². The molecule has 2 saturated heterocycles. The van der Waals surface area contributed by atoms with Gasteiger partial charge < -0.3 is 23.7 Å². The van der Waals surface area contributed by atoms with E-state index in [-0.39, 0.29) is 6.61 Å². The number of ether oxygens (including phenoxy) is 5. The fourth-order valence-corrected chi connectivity index (χ4v) is 3.36. The van der Waals surface area contributed by atoms with E-state index in [9.17, 15) is 9.59 Å². The Bertz CT molecular complexity index is 680. The average molecular weight is 397 g/mol. The molecule has 0 aromatic carbocycles. The Labute approximate surface area is 161 Å². The fourth-order valence-electron chi connectivity index (χ4n) is 2.85. The van der Waals surface area contributed by atoms with Gasteiger partial charge in [-0.15, -0.1) is 5.54 Å². The minimum atomic E-state index is -1.59. The van der Waals surface area contributed by atoms with Crippen molar-refractivity contribution in [1.29, 1.82) is 0 Å². The lowest BCUT2D eigenvalue weighted by molar-refractivity contribution is -0.173. The number of hydrogen-bond donors (Lipinski definition) is 0. The van der Waals surface area contributed by atoms with Crippen molar-refractivity contribution in [3.63, 3.8) is 0 Å². The summed E-state index contributed by atoms with van der Waals surface area (Å²) in [6.45, 7) is 12.8. The van der Waals surface area contributed by atoms with Gasteiger partial charge in [-0.25, -0.2) is 0 Å². The van der Waals surface area contributed by atoms with Gasteiger partial charge in [-0.3, -0.25) is 9.59 Å². The van der Waals surface area contributed by atoms with Gasteiger partial charge in [-0.05, 0) is 13.8 Å². The van der Waals surface area contributed by atoms with Crippen LogP contribution in [0.3, 0.4) is 0 Å². The predicted octanol–water partition coefficient (Wildman–Crippen LogP) is 2.16. The maximum atomic E-state index is 11.6. The van der Waals surface area contributed by atoms with Crippen molar-refractivity contribution >= 4 is 20.0 Å². The molecular formula is C19H28O7Si. The second kappa shape index (κ2) is 8.05. The van der Waals surface area contributed by atoms with Gasteiger partial charge in [-0.1, -0.05) is 25.6 Å². The van der Waals surface area contributed by atoms with E-state index in [1.165, 1.54) is 13.8 Å². The van der Waals surface area contributed by atoms with E-state index in [0.29, 0.717) is 5.76 Å². The third kappa shape index (κ3) is 6.09. The summed E-state index contributed by atoms with van der Waals surface area (Å²) in [5.41, 5.74) is 3.20. The van der Waals surface area contributed by atoms with E-state index in [4.69, 9.17) is 23.7 Å². The standard InChI is InChI=1S/C19H28O7Si/c1-12(20)23-16-14(9-8-10-27(5,6)7)25-17(18(16)24-13(2)21)15-11-22-19(3,4)26-15/h9,15-18H,11H2,1-7H3/b14-9-/t15-,16+,17-,18-/m1/s1. The van der Waals surface area contributed by atoms with Gasteiger partial charge in [0.05, 0.1) is 6.61 Å². The molecule has 150 valence electrons. The maximum Gasteiger partial charge on any atom is 0.303 e. The Morgan fingerprint density at radius 2 is 1.81 bits per heavy atom. The summed E-state index contributed by atoms with van der Waals surface area (Å²) in [5, 5.41) is 0. The molecule has 0 aromatic rings. The molecule has 27 heavy (non-hydrogen) atoms. The normalized spacial score (nSPS) is 31.0. The summed E-state index contributed by atoms with van der Waals surface area (Å²) in [6, 6.07) is 0. The SMILES string of the molecule is CC(=O)O[C@H]1[C@@H]([C@H]2COC(C)(C)O2)O/C(=C\C#C[Si](C)(C)C)[C@@H]1OC(C)=O. The molecule has 2 fully saturated rings. The van der Waals surface area contributed by atoms with Crippen LogP contribution in [-0.2, 0) is 33.3 Å². The monoisotopic (exact) mass is 396 g/mol. The third-order valence-corrected chi connectivity index (χ3v) is 4.72. The Kier molecular flexibility index (Phi) is 6.40. The van der Waals surface area contributed by atoms with E-state index in [2.05, 4.69) is 31.1 Å². The van der Waals surface area contributed by atoms with Crippen LogP contribution < -0.4 is 0 Å². The summed E-state index contributed by atoms with van der Waals surface area (Å²) >= 11 is 0. The van der Waals surface area contributed by atoms with Crippen molar-refractivity contribution in [2.75, 3.05) is 6.61 Å². The zero-order chi connectivity index (χ0) is 20.4. The van der Waals surface area contributed by atoms with Gasteiger partial charge >= 0.3 is 11.9 Å². The van der Waals surface area contributed by atoms with Crippen LogP contribution in [0, 0.1) is 11.5 Å². The van der Waals surface area contributed by atoms with Crippen LogP contribution in [0.4, 0.5) is 0 Å². The highest BCUT2D eigenvalue weighted by Crippen LogP contribution is 2.36. The Hall–Kier alpha value is -1.82. The van der Waals surface area contributed by atoms with Gasteiger partial charge in [-0.2, -0.15) is 0 Å². The molecule has 2 aliphatic rings. The number of allylic oxidation sites excluding steroid dienone is 1. The van der Waals surface area contributed by atoms with Gasteiger partial charge in [0.2, 0.25) is 0 Å². The molecule has 0 N–H and O–H groups in total. The number of hydrogen-bond acceptors (Lipinski definition) is 7. The van der Waals surface area contributed by atoms with Gasteiger partial charge in [0.15, 0.2) is 24.1 Å².